The van der Waals surface area contributed by atoms with E-state index in [4.69, 9.17) is 4.74 Å². The van der Waals surface area contributed by atoms with Gasteiger partial charge in [-0.25, -0.2) is 0 Å². The second kappa shape index (κ2) is 6.65. The molecule has 5 nitrogen and oxygen atoms in total. The van der Waals surface area contributed by atoms with Crippen molar-refractivity contribution in [2.75, 3.05) is 11.9 Å². The first-order chi connectivity index (χ1) is 9.53. The molecule has 1 N–H and O–H groups in total. The molecule has 0 saturated heterocycles. The summed E-state index contributed by atoms with van der Waals surface area (Å²) in [6.07, 6.45) is 2.23. The highest BCUT2D eigenvalue weighted by Gasteiger charge is 2.09. The predicted octanol–water partition coefficient (Wildman–Crippen LogP) is 3.88. The largest absolute Gasteiger partial charge is 0.494 e. The molecule has 0 aliphatic heterocycles. The van der Waals surface area contributed by atoms with Crippen LogP contribution in [0.25, 0.3) is 0 Å². The maximum Gasteiger partial charge on any atom is 0.229 e. The van der Waals surface area contributed by atoms with Crippen molar-refractivity contribution in [3.8, 4) is 5.75 Å². The zero-order valence-corrected chi connectivity index (χ0v) is 12.9. The normalized spacial score (nSPS) is 11.3. The van der Waals surface area contributed by atoms with E-state index < -0.39 is 0 Å². The van der Waals surface area contributed by atoms with Gasteiger partial charge in [0.15, 0.2) is 0 Å². The number of nitrogens with one attached hydrogen (secondary N) is 1. The highest BCUT2D eigenvalue weighted by molar-refractivity contribution is 7.09. The van der Waals surface area contributed by atoms with Gasteiger partial charge in [-0.1, -0.05) is 30.4 Å². The average molecular weight is 292 g/mol. The van der Waals surface area contributed by atoms with Crippen LogP contribution in [0.5, 0.6) is 5.75 Å². The molecule has 0 saturated carbocycles. The summed E-state index contributed by atoms with van der Waals surface area (Å²) in [6, 6.07) is 7.82. The molecule has 0 atom stereocenters. The van der Waals surface area contributed by atoms with Gasteiger partial charge in [0.2, 0.25) is 5.13 Å². The third-order valence-electron chi connectivity index (χ3n) is 2.74. The number of aromatic nitrogens is 3. The van der Waals surface area contributed by atoms with E-state index in [2.05, 4.69) is 40.9 Å². The topological polar surface area (TPSA) is 59.9 Å². The van der Waals surface area contributed by atoms with Crippen LogP contribution in [-0.2, 0) is 0 Å². The number of benzene rings is 1. The molecule has 0 spiro atoms. The maximum absolute atomic E-state index is 5.73. The number of rotatable bonds is 6. The van der Waals surface area contributed by atoms with Crippen LogP contribution in [0.15, 0.2) is 24.3 Å². The van der Waals surface area contributed by atoms with E-state index >= 15 is 0 Å². The number of hydrogen-bond donors (Lipinski definition) is 1. The van der Waals surface area contributed by atoms with E-state index in [1.54, 1.807) is 0 Å². The SMILES string of the molecule is CC(C)(C)CCCOc1ccc(Nc2nnns2)cc1. The van der Waals surface area contributed by atoms with Gasteiger partial charge in [-0.2, -0.15) is 0 Å². The lowest BCUT2D eigenvalue weighted by molar-refractivity contribution is 0.269. The second-order valence-corrected chi connectivity index (χ2v) is 6.56. The Kier molecular flexibility index (Phi) is 4.89. The molecule has 2 rings (SSSR count). The van der Waals surface area contributed by atoms with Gasteiger partial charge in [0.1, 0.15) is 5.75 Å². The molecule has 6 heteroatoms. The van der Waals surface area contributed by atoms with E-state index in [0.717, 1.165) is 30.9 Å². The second-order valence-electron chi connectivity index (χ2n) is 5.83. The molecule has 0 bridgehead atoms. The van der Waals surface area contributed by atoms with Crippen LogP contribution in [0.4, 0.5) is 10.8 Å². The van der Waals surface area contributed by atoms with Crippen molar-refractivity contribution in [2.24, 2.45) is 5.41 Å². The van der Waals surface area contributed by atoms with Crippen LogP contribution >= 0.6 is 11.5 Å². The monoisotopic (exact) mass is 292 g/mol. The van der Waals surface area contributed by atoms with Gasteiger partial charge < -0.3 is 10.1 Å². The van der Waals surface area contributed by atoms with Crippen LogP contribution in [-0.4, -0.2) is 21.4 Å². The van der Waals surface area contributed by atoms with E-state index in [0.29, 0.717) is 10.5 Å². The Morgan fingerprint density at radius 3 is 2.55 bits per heavy atom. The Hall–Kier alpha value is -1.69. The quantitative estimate of drug-likeness (QED) is 0.819. The summed E-state index contributed by atoms with van der Waals surface area (Å²) < 4.78 is 9.43. The third kappa shape index (κ3) is 5.13. The summed E-state index contributed by atoms with van der Waals surface area (Å²) in [5, 5.41) is 11.2. The Balaban J connectivity index is 1.77. The van der Waals surface area contributed by atoms with Gasteiger partial charge in [0.05, 0.1) is 6.61 Å². The molecule has 0 unspecified atom stereocenters. The van der Waals surface area contributed by atoms with Gasteiger partial charge in [-0.3, -0.25) is 0 Å². The van der Waals surface area contributed by atoms with Gasteiger partial charge >= 0.3 is 0 Å². The third-order valence-corrected chi connectivity index (χ3v) is 3.26. The fourth-order valence-corrected chi connectivity index (χ4v) is 2.12. The summed E-state index contributed by atoms with van der Waals surface area (Å²) >= 11 is 1.23. The molecular weight excluding hydrogens is 272 g/mol. The van der Waals surface area contributed by atoms with Crippen LogP contribution in [0, 0.1) is 5.41 Å². The first-order valence-corrected chi connectivity index (χ1v) is 7.45. The van der Waals surface area contributed by atoms with Crippen molar-refractivity contribution < 1.29 is 4.74 Å². The number of hydrogen-bond acceptors (Lipinski definition) is 6. The van der Waals surface area contributed by atoms with Gasteiger partial charge in [-0.05, 0) is 47.7 Å². The number of anilines is 2. The van der Waals surface area contributed by atoms with E-state index in [9.17, 15) is 0 Å². The Morgan fingerprint density at radius 2 is 1.95 bits per heavy atom. The lowest BCUT2D eigenvalue weighted by Crippen LogP contribution is -2.07. The van der Waals surface area contributed by atoms with Crippen molar-refractivity contribution in [2.45, 2.75) is 33.6 Å². The van der Waals surface area contributed by atoms with E-state index in [1.807, 2.05) is 24.3 Å². The summed E-state index contributed by atoms with van der Waals surface area (Å²) in [5.41, 5.74) is 1.32. The smallest absolute Gasteiger partial charge is 0.229 e. The summed E-state index contributed by atoms with van der Waals surface area (Å²) in [4.78, 5) is 0. The highest BCUT2D eigenvalue weighted by atomic mass is 32.1. The molecule has 1 aromatic heterocycles. The van der Waals surface area contributed by atoms with Crippen LogP contribution in [0.2, 0.25) is 0 Å². The molecule has 0 aliphatic rings. The molecule has 2 aromatic rings. The molecule has 20 heavy (non-hydrogen) atoms. The molecular formula is C14H20N4OS. The summed E-state index contributed by atoms with van der Waals surface area (Å²) in [7, 11) is 0. The molecule has 0 radical (unpaired) electrons. The molecule has 1 heterocycles. The molecule has 0 amide bonds. The molecule has 0 fully saturated rings. The van der Waals surface area contributed by atoms with Crippen LogP contribution in [0.1, 0.15) is 33.6 Å². The van der Waals surface area contributed by atoms with Crippen molar-refractivity contribution in [3.05, 3.63) is 24.3 Å². The molecule has 1 aromatic carbocycles. The van der Waals surface area contributed by atoms with Crippen molar-refractivity contribution >= 4 is 22.4 Å². The predicted molar refractivity (Wildman–Crippen MR) is 81.6 cm³/mol. The number of ether oxygens (including phenoxy) is 1. The van der Waals surface area contributed by atoms with E-state index in [1.165, 1.54) is 11.5 Å². The Labute approximate surface area is 123 Å². The Bertz CT molecular complexity index is 505. The fourth-order valence-electron chi connectivity index (χ4n) is 1.73. The minimum Gasteiger partial charge on any atom is -0.494 e. The first kappa shape index (κ1) is 14.7. The highest BCUT2D eigenvalue weighted by Crippen LogP contribution is 2.22. The zero-order chi connectivity index (χ0) is 14.4. The van der Waals surface area contributed by atoms with Gasteiger partial charge in [0.25, 0.3) is 0 Å². The first-order valence-electron chi connectivity index (χ1n) is 6.68. The minimum atomic E-state index is 0.368. The Morgan fingerprint density at radius 1 is 1.20 bits per heavy atom. The van der Waals surface area contributed by atoms with Crippen molar-refractivity contribution in [1.29, 1.82) is 0 Å². The van der Waals surface area contributed by atoms with Gasteiger partial charge in [-0.15, -0.1) is 0 Å². The molecule has 108 valence electrons. The molecule has 0 aliphatic carbocycles. The standard InChI is InChI=1S/C14H20N4OS/c1-14(2,3)9-4-10-19-12-7-5-11(6-8-12)15-13-16-17-18-20-13/h5-8H,4,9-10H2,1-3H3,(H,15,16,18). The lowest BCUT2D eigenvalue weighted by Gasteiger charge is -2.17. The van der Waals surface area contributed by atoms with Crippen LogP contribution in [0.3, 0.4) is 0 Å². The van der Waals surface area contributed by atoms with Crippen molar-refractivity contribution in [1.82, 2.24) is 14.8 Å². The maximum atomic E-state index is 5.73. The minimum absolute atomic E-state index is 0.368. The zero-order valence-electron chi connectivity index (χ0n) is 12.1. The van der Waals surface area contributed by atoms with Crippen molar-refractivity contribution in [3.63, 3.8) is 0 Å². The average Bonchev–Trinajstić information content (AvgIpc) is 2.88. The number of nitrogens with zero attached hydrogens (tertiary/aromatic N) is 3. The summed E-state index contributed by atoms with van der Waals surface area (Å²) in [5.74, 6) is 0.889. The fraction of sp³-hybridized carbons (Fsp3) is 0.500. The van der Waals surface area contributed by atoms with Gasteiger partial charge in [0, 0.05) is 17.2 Å². The lowest BCUT2D eigenvalue weighted by atomic mass is 9.91. The van der Waals surface area contributed by atoms with E-state index in [-0.39, 0.29) is 0 Å². The van der Waals surface area contributed by atoms with Crippen LogP contribution < -0.4 is 10.1 Å². The summed E-state index contributed by atoms with van der Waals surface area (Å²) in [6.45, 7) is 7.49.